The highest BCUT2D eigenvalue weighted by atomic mass is 16.6. The highest BCUT2D eigenvalue weighted by Gasteiger charge is 2.28. The molecule has 116 valence electrons. The number of carbonyl (C=O) groups excluding carboxylic acids is 1. The summed E-state index contributed by atoms with van der Waals surface area (Å²) in [5.41, 5.74) is 0.333. The summed E-state index contributed by atoms with van der Waals surface area (Å²) in [4.78, 5) is 25.0. The number of hydrogen-bond acceptors (Lipinski definition) is 4. The van der Waals surface area contributed by atoms with Gasteiger partial charge in [-0.05, 0) is 25.8 Å². The molecule has 0 radical (unpaired) electrons. The van der Waals surface area contributed by atoms with Crippen LogP contribution in [0.15, 0.2) is 12.3 Å². The maximum absolute atomic E-state index is 12.7. The van der Waals surface area contributed by atoms with Gasteiger partial charge in [-0.25, -0.2) is 0 Å². The maximum Gasteiger partial charge on any atom is 0.287 e. The number of aromatic nitrogens is 1. The SMILES string of the molecule is CCCN(C(=O)c1cc([N+](=O)[O-])cn1C)C1CCCNC1. The van der Waals surface area contributed by atoms with Gasteiger partial charge in [0.2, 0.25) is 0 Å². The van der Waals surface area contributed by atoms with E-state index in [0.29, 0.717) is 12.2 Å². The molecule has 1 fully saturated rings. The second-order valence-electron chi connectivity index (χ2n) is 5.45. The van der Waals surface area contributed by atoms with Crippen LogP contribution in [0.5, 0.6) is 0 Å². The predicted octanol–water partition coefficient (Wildman–Crippen LogP) is 1.54. The van der Waals surface area contributed by atoms with Crippen LogP contribution in [-0.4, -0.2) is 46.0 Å². The van der Waals surface area contributed by atoms with E-state index in [-0.39, 0.29) is 17.6 Å². The van der Waals surface area contributed by atoms with Crippen molar-refractivity contribution in [2.45, 2.75) is 32.2 Å². The van der Waals surface area contributed by atoms with Gasteiger partial charge in [0, 0.05) is 32.2 Å². The van der Waals surface area contributed by atoms with Gasteiger partial charge in [0.15, 0.2) is 0 Å². The molecule has 1 aliphatic rings. The third-order valence-corrected chi connectivity index (χ3v) is 3.86. The van der Waals surface area contributed by atoms with Gasteiger partial charge in [-0.15, -0.1) is 0 Å². The van der Waals surface area contributed by atoms with Crippen LogP contribution < -0.4 is 5.32 Å². The second-order valence-corrected chi connectivity index (χ2v) is 5.45. The fourth-order valence-corrected chi connectivity index (χ4v) is 2.80. The summed E-state index contributed by atoms with van der Waals surface area (Å²) in [6, 6.07) is 1.53. The molecule has 1 aromatic rings. The molecule has 0 saturated carbocycles. The molecule has 0 bridgehead atoms. The van der Waals surface area contributed by atoms with E-state index < -0.39 is 4.92 Å². The lowest BCUT2D eigenvalue weighted by Gasteiger charge is -2.34. The molecule has 1 N–H and O–H groups in total. The Balaban J connectivity index is 2.23. The highest BCUT2D eigenvalue weighted by Crippen LogP contribution is 2.20. The molecule has 0 aromatic carbocycles. The normalized spacial score (nSPS) is 18.5. The summed E-state index contributed by atoms with van der Waals surface area (Å²) >= 11 is 0. The van der Waals surface area contributed by atoms with Crippen LogP contribution in [-0.2, 0) is 7.05 Å². The summed E-state index contributed by atoms with van der Waals surface area (Å²) in [7, 11) is 1.67. The summed E-state index contributed by atoms with van der Waals surface area (Å²) in [5, 5.41) is 14.2. The van der Waals surface area contributed by atoms with Gasteiger partial charge in [0.25, 0.3) is 11.6 Å². The van der Waals surface area contributed by atoms with Crippen LogP contribution in [0.3, 0.4) is 0 Å². The molecule has 7 heteroatoms. The van der Waals surface area contributed by atoms with Crippen molar-refractivity contribution >= 4 is 11.6 Å². The van der Waals surface area contributed by atoms with E-state index in [1.165, 1.54) is 12.3 Å². The van der Waals surface area contributed by atoms with E-state index in [1.807, 2.05) is 11.8 Å². The Labute approximate surface area is 124 Å². The van der Waals surface area contributed by atoms with Crippen molar-refractivity contribution in [2.24, 2.45) is 7.05 Å². The van der Waals surface area contributed by atoms with E-state index in [9.17, 15) is 14.9 Å². The van der Waals surface area contributed by atoms with Gasteiger partial charge >= 0.3 is 0 Å². The van der Waals surface area contributed by atoms with Gasteiger partial charge in [0.05, 0.1) is 11.1 Å². The molecule has 1 amide bonds. The monoisotopic (exact) mass is 294 g/mol. The van der Waals surface area contributed by atoms with Gasteiger partial charge in [-0.3, -0.25) is 14.9 Å². The first-order valence-corrected chi connectivity index (χ1v) is 7.37. The number of aryl methyl sites for hydroxylation is 1. The van der Waals surface area contributed by atoms with Crippen LogP contribution in [0.2, 0.25) is 0 Å². The molecule has 2 heterocycles. The van der Waals surface area contributed by atoms with E-state index in [1.54, 1.807) is 11.6 Å². The van der Waals surface area contributed by atoms with Crippen LogP contribution in [0.1, 0.15) is 36.7 Å². The molecule has 1 aromatic heterocycles. The van der Waals surface area contributed by atoms with Gasteiger partial charge in [0.1, 0.15) is 5.69 Å². The number of nitrogens with one attached hydrogen (secondary N) is 1. The first-order valence-electron chi connectivity index (χ1n) is 7.37. The fourth-order valence-electron chi connectivity index (χ4n) is 2.80. The van der Waals surface area contributed by atoms with Crippen molar-refractivity contribution in [3.8, 4) is 0 Å². The van der Waals surface area contributed by atoms with Crippen molar-refractivity contribution < 1.29 is 9.72 Å². The van der Waals surface area contributed by atoms with E-state index in [4.69, 9.17) is 0 Å². The average Bonchev–Trinajstić information content (AvgIpc) is 2.87. The number of amides is 1. The maximum atomic E-state index is 12.7. The fraction of sp³-hybridized carbons (Fsp3) is 0.643. The number of carbonyl (C=O) groups is 1. The van der Waals surface area contributed by atoms with Crippen molar-refractivity contribution in [2.75, 3.05) is 19.6 Å². The Morgan fingerprint density at radius 3 is 2.90 bits per heavy atom. The summed E-state index contributed by atoms with van der Waals surface area (Å²) in [6.45, 7) is 4.48. The standard InChI is InChI=1S/C14H22N4O3/c1-3-7-17(11-5-4-6-15-9-11)14(19)13-8-12(18(20)21)10-16(13)2/h8,10-11,15H,3-7,9H2,1-2H3. The molecule has 7 nitrogen and oxygen atoms in total. The van der Waals surface area contributed by atoms with E-state index in [2.05, 4.69) is 5.32 Å². The minimum atomic E-state index is -0.469. The topological polar surface area (TPSA) is 80.4 Å². The first kappa shape index (κ1) is 15.5. The predicted molar refractivity (Wildman–Crippen MR) is 79.3 cm³/mol. The lowest BCUT2D eigenvalue weighted by molar-refractivity contribution is -0.384. The highest BCUT2D eigenvalue weighted by molar-refractivity contribution is 5.93. The van der Waals surface area contributed by atoms with Crippen LogP contribution in [0, 0.1) is 10.1 Å². The van der Waals surface area contributed by atoms with Crippen molar-refractivity contribution in [1.29, 1.82) is 0 Å². The zero-order valence-electron chi connectivity index (χ0n) is 12.5. The molecule has 0 spiro atoms. The minimum absolute atomic E-state index is 0.0425. The van der Waals surface area contributed by atoms with Crippen LogP contribution >= 0.6 is 0 Å². The van der Waals surface area contributed by atoms with Crippen molar-refractivity contribution in [3.05, 3.63) is 28.1 Å². The largest absolute Gasteiger partial charge is 0.340 e. The molecular formula is C14H22N4O3. The number of piperidine rings is 1. The third kappa shape index (κ3) is 3.41. The summed E-state index contributed by atoms with van der Waals surface area (Å²) in [6.07, 6.45) is 4.28. The van der Waals surface area contributed by atoms with Gasteiger partial charge in [-0.1, -0.05) is 6.92 Å². The second kappa shape index (κ2) is 6.71. The van der Waals surface area contributed by atoms with Crippen LogP contribution in [0.4, 0.5) is 5.69 Å². The number of nitrogens with zero attached hydrogens (tertiary/aromatic N) is 3. The lowest BCUT2D eigenvalue weighted by Crippen LogP contribution is -2.49. The van der Waals surface area contributed by atoms with E-state index >= 15 is 0 Å². The molecule has 1 atom stereocenters. The lowest BCUT2D eigenvalue weighted by atomic mass is 10.0. The van der Waals surface area contributed by atoms with Gasteiger partial charge < -0.3 is 14.8 Å². The Morgan fingerprint density at radius 1 is 1.62 bits per heavy atom. The first-order chi connectivity index (χ1) is 10.0. The summed E-state index contributed by atoms with van der Waals surface area (Å²) in [5.74, 6) is -0.124. The minimum Gasteiger partial charge on any atom is -0.340 e. The Bertz CT molecular complexity index is 520. The molecule has 1 saturated heterocycles. The molecule has 21 heavy (non-hydrogen) atoms. The van der Waals surface area contributed by atoms with Crippen LogP contribution in [0.25, 0.3) is 0 Å². The quantitative estimate of drug-likeness (QED) is 0.660. The van der Waals surface area contributed by atoms with Crippen molar-refractivity contribution in [3.63, 3.8) is 0 Å². The Morgan fingerprint density at radius 2 is 2.38 bits per heavy atom. The smallest absolute Gasteiger partial charge is 0.287 e. The summed E-state index contributed by atoms with van der Waals surface area (Å²) < 4.78 is 1.54. The zero-order chi connectivity index (χ0) is 15.4. The average molecular weight is 294 g/mol. The molecule has 1 unspecified atom stereocenters. The van der Waals surface area contributed by atoms with E-state index in [0.717, 1.165) is 32.4 Å². The molecular weight excluding hydrogens is 272 g/mol. The van der Waals surface area contributed by atoms with Gasteiger partial charge in [-0.2, -0.15) is 0 Å². The molecule has 0 aliphatic carbocycles. The molecule has 2 rings (SSSR count). The van der Waals surface area contributed by atoms with Crippen molar-refractivity contribution in [1.82, 2.24) is 14.8 Å². The number of rotatable bonds is 5. The molecule has 1 aliphatic heterocycles. The third-order valence-electron chi connectivity index (χ3n) is 3.86. The Kier molecular flexibility index (Phi) is 4.95. The number of hydrogen-bond donors (Lipinski definition) is 1. The number of nitro groups is 1. The Hall–Kier alpha value is -1.89. The zero-order valence-corrected chi connectivity index (χ0v) is 12.5.